The van der Waals surface area contributed by atoms with E-state index in [1.54, 1.807) is 25.6 Å². The summed E-state index contributed by atoms with van der Waals surface area (Å²) in [6.07, 6.45) is 5.98. The van der Waals surface area contributed by atoms with Crippen molar-refractivity contribution in [1.82, 2.24) is 4.98 Å². The fourth-order valence-corrected chi connectivity index (χ4v) is 1.79. The Morgan fingerprint density at radius 2 is 2.31 bits per heavy atom. The number of hydrogen-bond donors (Lipinski definition) is 0. The molecule has 0 aliphatic heterocycles. The molecule has 88 valence electrons. The number of methoxy groups -OCH3 is 1. The first-order chi connectivity index (χ1) is 7.69. The van der Waals surface area contributed by atoms with Crippen molar-refractivity contribution >= 4 is 5.78 Å². The van der Waals surface area contributed by atoms with E-state index in [-0.39, 0.29) is 5.78 Å². The molecular weight excluding hydrogens is 202 g/mol. The smallest absolute Gasteiger partial charge is 0.166 e. The number of rotatable bonds is 6. The molecule has 1 atom stereocenters. The highest BCUT2D eigenvalue weighted by Crippen LogP contribution is 2.21. The number of carbonyl (C=O) groups excluding carboxylic acids is 1. The van der Waals surface area contributed by atoms with E-state index in [0.29, 0.717) is 23.7 Å². The Balaban J connectivity index is 2.72. The van der Waals surface area contributed by atoms with Gasteiger partial charge in [-0.05, 0) is 12.0 Å². The van der Waals surface area contributed by atoms with Crippen LogP contribution in [0, 0.1) is 5.92 Å². The molecule has 0 radical (unpaired) electrons. The molecule has 0 N–H and O–H groups in total. The third-order valence-corrected chi connectivity index (χ3v) is 2.62. The van der Waals surface area contributed by atoms with Crippen LogP contribution in [0.2, 0.25) is 0 Å². The van der Waals surface area contributed by atoms with Gasteiger partial charge in [0.1, 0.15) is 5.75 Å². The quantitative estimate of drug-likeness (QED) is 0.693. The lowest BCUT2D eigenvalue weighted by molar-refractivity contribution is 0.0959. The minimum absolute atomic E-state index is 0.139. The van der Waals surface area contributed by atoms with Crippen molar-refractivity contribution in [1.29, 1.82) is 0 Å². The molecule has 1 aromatic rings. The second-order valence-electron chi connectivity index (χ2n) is 4.10. The van der Waals surface area contributed by atoms with Gasteiger partial charge in [0, 0.05) is 12.6 Å². The third-order valence-electron chi connectivity index (χ3n) is 2.62. The van der Waals surface area contributed by atoms with Crippen molar-refractivity contribution < 1.29 is 9.53 Å². The Hall–Kier alpha value is -1.38. The second kappa shape index (κ2) is 6.26. The van der Waals surface area contributed by atoms with Crippen molar-refractivity contribution in [3.05, 3.63) is 24.0 Å². The molecule has 1 rings (SSSR count). The summed E-state index contributed by atoms with van der Waals surface area (Å²) in [5.41, 5.74) is 0.639. The summed E-state index contributed by atoms with van der Waals surface area (Å²) in [6, 6.07) is 1.72. The lowest BCUT2D eigenvalue weighted by atomic mass is 9.96. The maximum absolute atomic E-state index is 12.0. The van der Waals surface area contributed by atoms with Crippen LogP contribution in [0.5, 0.6) is 5.75 Å². The first-order valence-corrected chi connectivity index (χ1v) is 5.70. The molecule has 1 aromatic heterocycles. The van der Waals surface area contributed by atoms with Crippen molar-refractivity contribution in [3.63, 3.8) is 0 Å². The van der Waals surface area contributed by atoms with Gasteiger partial charge in [-0.15, -0.1) is 0 Å². The molecule has 3 nitrogen and oxygen atoms in total. The van der Waals surface area contributed by atoms with Crippen molar-refractivity contribution in [2.75, 3.05) is 7.11 Å². The SMILES string of the molecule is CCCC(C)CC(=O)c1ccncc1OC. The Bertz CT molecular complexity index is 350. The van der Waals surface area contributed by atoms with Crippen LogP contribution in [0.25, 0.3) is 0 Å². The molecule has 0 spiro atoms. The van der Waals surface area contributed by atoms with Gasteiger partial charge in [-0.3, -0.25) is 9.78 Å². The minimum Gasteiger partial charge on any atom is -0.494 e. The maximum atomic E-state index is 12.0. The van der Waals surface area contributed by atoms with Crippen molar-refractivity contribution in [2.45, 2.75) is 33.1 Å². The number of Topliss-reactive ketones (excluding diaryl/α,β-unsaturated/α-hetero) is 1. The van der Waals surface area contributed by atoms with E-state index in [0.717, 1.165) is 12.8 Å². The fraction of sp³-hybridized carbons (Fsp3) is 0.538. The van der Waals surface area contributed by atoms with Gasteiger partial charge in [0.25, 0.3) is 0 Å². The van der Waals surface area contributed by atoms with Crippen LogP contribution in [0.15, 0.2) is 18.5 Å². The van der Waals surface area contributed by atoms with Crippen LogP contribution in [0.3, 0.4) is 0 Å². The second-order valence-corrected chi connectivity index (χ2v) is 4.10. The van der Waals surface area contributed by atoms with Crippen LogP contribution in [0.1, 0.15) is 43.5 Å². The summed E-state index contributed by atoms with van der Waals surface area (Å²) in [6.45, 7) is 4.24. The number of ketones is 1. The van der Waals surface area contributed by atoms with Gasteiger partial charge >= 0.3 is 0 Å². The summed E-state index contributed by atoms with van der Waals surface area (Å²) >= 11 is 0. The van der Waals surface area contributed by atoms with Gasteiger partial charge in [-0.2, -0.15) is 0 Å². The maximum Gasteiger partial charge on any atom is 0.166 e. The van der Waals surface area contributed by atoms with Crippen LogP contribution >= 0.6 is 0 Å². The van der Waals surface area contributed by atoms with Gasteiger partial charge in [-0.25, -0.2) is 0 Å². The van der Waals surface area contributed by atoms with E-state index in [4.69, 9.17) is 4.74 Å². The Morgan fingerprint density at radius 3 is 2.94 bits per heavy atom. The van der Waals surface area contributed by atoms with Gasteiger partial charge in [0.2, 0.25) is 0 Å². The largest absolute Gasteiger partial charge is 0.494 e. The average Bonchev–Trinajstić information content (AvgIpc) is 2.29. The molecule has 0 fully saturated rings. The molecule has 1 unspecified atom stereocenters. The van der Waals surface area contributed by atoms with Crippen molar-refractivity contribution in [3.8, 4) is 5.75 Å². The molecular formula is C13H19NO2. The number of carbonyl (C=O) groups is 1. The molecule has 16 heavy (non-hydrogen) atoms. The average molecular weight is 221 g/mol. The van der Waals surface area contributed by atoms with E-state index in [2.05, 4.69) is 18.8 Å². The fourth-order valence-electron chi connectivity index (χ4n) is 1.79. The highest BCUT2D eigenvalue weighted by Gasteiger charge is 2.14. The van der Waals surface area contributed by atoms with Crippen LogP contribution in [-0.4, -0.2) is 17.9 Å². The van der Waals surface area contributed by atoms with Gasteiger partial charge in [0.05, 0.1) is 18.9 Å². The van der Waals surface area contributed by atoms with Crippen LogP contribution in [0.4, 0.5) is 0 Å². The lowest BCUT2D eigenvalue weighted by Gasteiger charge is -2.10. The topological polar surface area (TPSA) is 39.2 Å². The van der Waals surface area contributed by atoms with E-state index in [1.165, 1.54) is 0 Å². The molecule has 0 aliphatic carbocycles. The van der Waals surface area contributed by atoms with E-state index in [9.17, 15) is 4.79 Å². The van der Waals surface area contributed by atoms with E-state index in [1.807, 2.05) is 0 Å². The summed E-state index contributed by atoms with van der Waals surface area (Å²) in [7, 11) is 1.56. The first-order valence-electron chi connectivity index (χ1n) is 5.70. The Morgan fingerprint density at radius 1 is 1.56 bits per heavy atom. The summed E-state index contributed by atoms with van der Waals surface area (Å²) in [4.78, 5) is 15.9. The first kappa shape index (κ1) is 12.7. The monoisotopic (exact) mass is 221 g/mol. The summed E-state index contributed by atoms with van der Waals surface area (Å²) in [5, 5.41) is 0. The number of pyridine rings is 1. The predicted octanol–water partition coefficient (Wildman–Crippen LogP) is 3.10. The zero-order valence-corrected chi connectivity index (χ0v) is 10.2. The number of ether oxygens (including phenoxy) is 1. The molecule has 0 amide bonds. The summed E-state index contributed by atoms with van der Waals surface area (Å²) in [5.74, 6) is 1.13. The lowest BCUT2D eigenvalue weighted by Crippen LogP contribution is -2.07. The zero-order chi connectivity index (χ0) is 12.0. The van der Waals surface area contributed by atoms with Crippen molar-refractivity contribution in [2.24, 2.45) is 5.92 Å². The standard InChI is InChI=1S/C13H19NO2/c1-4-5-10(2)8-12(15)11-6-7-14-9-13(11)16-3/h6-7,9-10H,4-5,8H2,1-3H3. The highest BCUT2D eigenvalue weighted by molar-refractivity contribution is 5.98. The van der Waals surface area contributed by atoms with E-state index >= 15 is 0 Å². The predicted molar refractivity (Wildman–Crippen MR) is 63.8 cm³/mol. The van der Waals surface area contributed by atoms with Gasteiger partial charge in [0.15, 0.2) is 5.78 Å². The van der Waals surface area contributed by atoms with Crippen LogP contribution in [-0.2, 0) is 0 Å². The molecule has 1 heterocycles. The number of hydrogen-bond acceptors (Lipinski definition) is 3. The number of nitrogens with zero attached hydrogens (tertiary/aromatic N) is 1. The normalized spacial score (nSPS) is 12.2. The number of aromatic nitrogens is 1. The van der Waals surface area contributed by atoms with Crippen LogP contribution < -0.4 is 4.74 Å². The molecule has 0 bridgehead atoms. The van der Waals surface area contributed by atoms with Gasteiger partial charge < -0.3 is 4.74 Å². The molecule has 0 aromatic carbocycles. The molecule has 3 heteroatoms. The Labute approximate surface area is 96.8 Å². The minimum atomic E-state index is 0.139. The Kier molecular flexibility index (Phi) is 4.96. The third kappa shape index (κ3) is 3.33. The molecule has 0 saturated heterocycles. The van der Waals surface area contributed by atoms with E-state index < -0.39 is 0 Å². The van der Waals surface area contributed by atoms with Gasteiger partial charge in [-0.1, -0.05) is 26.7 Å². The summed E-state index contributed by atoms with van der Waals surface area (Å²) < 4.78 is 5.12. The molecule has 0 saturated carbocycles. The highest BCUT2D eigenvalue weighted by atomic mass is 16.5. The zero-order valence-electron chi connectivity index (χ0n) is 10.2. The molecule has 0 aliphatic rings.